The molecular weight excluding hydrogens is 431 g/mol. The van der Waals surface area contributed by atoms with E-state index >= 15 is 0 Å². The second-order valence-electron chi connectivity index (χ2n) is 9.84. The fourth-order valence-electron chi connectivity index (χ4n) is 4.64. The highest BCUT2D eigenvalue weighted by Crippen LogP contribution is 2.28. The zero-order valence-corrected chi connectivity index (χ0v) is 20.9. The van der Waals surface area contributed by atoms with Crippen LogP contribution in [-0.2, 0) is 11.3 Å². The van der Waals surface area contributed by atoms with Crippen LogP contribution in [0.3, 0.4) is 0 Å². The van der Waals surface area contributed by atoms with Gasteiger partial charge >= 0.3 is 6.03 Å². The first-order valence-corrected chi connectivity index (χ1v) is 13.3. The number of urea groups is 1. The van der Waals surface area contributed by atoms with Gasteiger partial charge in [-0.1, -0.05) is 57.6 Å². The minimum absolute atomic E-state index is 0.0586. The van der Waals surface area contributed by atoms with Gasteiger partial charge in [-0.3, -0.25) is 9.69 Å². The number of carbonyl (C=O) groups is 2. The first-order chi connectivity index (χ1) is 16.6. The maximum Gasteiger partial charge on any atom is 0.317 e. The molecule has 190 valence electrons. The van der Waals surface area contributed by atoms with Gasteiger partial charge in [0, 0.05) is 58.3 Å². The molecule has 1 aromatic rings. The third-order valence-electron chi connectivity index (χ3n) is 7.20. The van der Waals surface area contributed by atoms with Crippen molar-refractivity contribution in [3.05, 3.63) is 35.6 Å². The quantitative estimate of drug-likeness (QED) is 0.424. The lowest BCUT2D eigenvalue weighted by Gasteiger charge is -2.38. The van der Waals surface area contributed by atoms with E-state index in [0.717, 1.165) is 64.0 Å². The molecule has 0 aromatic heterocycles. The van der Waals surface area contributed by atoms with Gasteiger partial charge in [0.15, 0.2) is 0 Å². The van der Waals surface area contributed by atoms with Crippen molar-refractivity contribution in [1.29, 1.82) is 0 Å². The number of hydrogen-bond donors (Lipinski definition) is 1. The van der Waals surface area contributed by atoms with Crippen molar-refractivity contribution in [3.8, 4) is 0 Å². The van der Waals surface area contributed by atoms with Crippen LogP contribution in [0.2, 0.25) is 0 Å². The van der Waals surface area contributed by atoms with E-state index in [0.29, 0.717) is 25.5 Å². The van der Waals surface area contributed by atoms with Crippen LogP contribution < -0.4 is 5.32 Å². The summed E-state index contributed by atoms with van der Waals surface area (Å²) < 4.78 is 13.3. The molecule has 1 N–H and O–H groups in total. The molecule has 2 aliphatic rings. The Morgan fingerprint density at radius 1 is 1.00 bits per heavy atom. The molecule has 1 saturated heterocycles. The van der Waals surface area contributed by atoms with Crippen LogP contribution >= 0.6 is 0 Å². The molecule has 3 amide bonds. The molecule has 2 fully saturated rings. The summed E-state index contributed by atoms with van der Waals surface area (Å²) in [6.07, 6.45) is 10.4. The smallest absolute Gasteiger partial charge is 0.317 e. The molecule has 0 spiro atoms. The Balaban J connectivity index is 1.44. The van der Waals surface area contributed by atoms with Gasteiger partial charge in [-0.25, -0.2) is 9.18 Å². The summed E-state index contributed by atoms with van der Waals surface area (Å²) in [6, 6.07) is 6.32. The van der Waals surface area contributed by atoms with Crippen LogP contribution in [0.25, 0.3) is 0 Å². The number of benzene rings is 1. The second-order valence-corrected chi connectivity index (χ2v) is 9.84. The van der Waals surface area contributed by atoms with Crippen LogP contribution in [0.5, 0.6) is 0 Å². The van der Waals surface area contributed by atoms with E-state index in [4.69, 9.17) is 0 Å². The SMILES string of the molecule is CCCCCCCCNC(=O)N(CCN1CCN(C(=O)C2CCC2)CC1)Cc1ccc(F)cc1. The number of nitrogens with zero attached hydrogens (tertiary/aromatic N) is 3. The number of carbonyl (C=O) groups excluding carboxylic acids is 2. The molecule has 1 aliphatic carbocycles. The number of piperazine rings is 1. The lowest BCUT2D eigenvalue weighted by molar-refractivity contribution is -0.139. The number of halogens is 1. The van der Waals surface area contributed by atoms with Gasteiger partial charge in [0.25, 0.3) is 0 Å². The molecule has 0 radical (unpaired) electrons. The summed E-state index contributed by atoms with van der Waals surface area (Å²) in [5.41, 5.74) is 0.923. The molecule has 1 heterocycles. The largest absolute Gasteiger partial charge is 0.340 e. The molecule has 0 atom stereocenters. The van der Waals surface area contributed by atoms with Gasteiger partial charge in [0.2, 0.25) is 5.91 Å². The van der Waals surface area contributed by atoms with Crippen molar-refractivity contribution >= 4 is 11.9 Å². The highest BCUT2D eigenvalue weighted by Gasteiger charge is 2.31. The Labute approximate surface area is 204 Å². The van der Waals surface area contributed by atoms with Crippen molar-refractivity contribution < 1.29 is 14.0 Å². The van der Waals surface area contributed by atoms with E-state index in [1.54, 1.807) is 12.1 Å². The van der Waals surface area contributed by atoms with Crippen LogP contribution in [0.15, 0.2) is 24.3 Å². The topological polar surface area (TPSA) is 55.9 Å². The van der Waals surface area contributed by atoms with Gasteiger partial charge in [-0.2, -0.15) is 0 Å². The number of rotatable bonds is 13. The number of unbranched alkanes of at least 4 members (excludes halogenated alkanes) is 5. The van der Waals surface area contributed by atoms with E-state index < -0.39 is 0 Å². The van der Waals surface area contributed by atoms with Crippen molar-refractivity contribution in [3.63, 3.8) is 0 Å². The standard InChI is InChI=1S/C27H43FN4O2/c1-2-3-4-5-6-7-15-29-27(34)32(22-23-11-13-25(28)14-12-23)21-18-30-16-19-31(20-17-30)26(33)24-9-8-10-24/h11-14,24H,2-10,15-22H2,1H3,(H,29,34). The normalized spacial score (nSPS) is 16.8. The summed E-state index contributed by atoms with van der Waals surface area (Å²) in [5.74, 6) is 0.322. The zero-order valence-electron chi connectivity index (χ0n) is 20.9. The average molecular weight is 475 g/mol. The molecular formula is C27H43FN4O2. The third kappa shape index (κ3) is 8.57. The van der Waals surface area contributed by atoms with Gasteiger partial charge in [-0.05, 0) is 37.0 Å². The molecule has 1 saturated carbocycles. The predicted molar refractivity (Wildman–Crippen MR) is 134 cm³/mol. The Bertz CT molecular complexity index is 746. The van der Waals surface area contributed by atoms with Gasteiger partial charge < -0.3 is 15.1 Å². The lowest BCUT2D eigenvalue weighted by Crippen LogP contribution is -2.52. The maximum absolute atomic E-state index is 13.3. The lowest BCUT2D eigenvalue weighted by atomic mass is 9.84. The summed E-state index contributed by atoms with van der Waals surface area (Å²) in [7, 11) is 0. The Hall–Kier alpha value is -2.15. The first-order valence-electron chi connectivity index (χ1n) is 13.3. The number of hydrogen-bond acceptors (Lipinski definition) is 3. The minimum Gasteiger partial charge on any atom is -0.340 e. The summed E-state index contributed by atoms with van der Waals surface area (Å²) in [4.78, 5) is 31.6. The Morgan fingerprint density at radius 3 is 2.32 bits per heavy atom. The van der Waals surface area contributed by atoms with E-state index in [-0.39, 0.29) is 17.8 Å². The molecule has 6 nitrogen and oxygen atoms in total. The van der Waals surface area contributed by atoms with Crippen molar-refractivity contribution in [1.82, 2.24) is 20.0 Å². The summed E-state index contributed by atoms with van der Waals surface area (Å²) in [6.45, 7) is 7.99. The van der Waals surface area contributed by atoms with Crippen LogP contribution in [-0.4, -0.2) is 72.5 Å². The highest BCUT2D eigenvalue weighted by atomic mass is 19.1. The van der Waals surface area contributed by atoms with Gasteiger partial charge in [-0.15, -0.1) is 0 Å². The van der Waals surface area contributed by atoms with Crippen molar-refractivity contribution in [2.24, 2.45) is 5.92 Å². The average Bonchev–Trinajstić information content (AvgIpc) is 2.81. The van der Waals surface area contributed by atoms with Crippen LogP contribution in [0.4, 0.5) is 9.18 Å². The van der Waals surface area contributed by atoms with E-state index in [2.05, 4.69) is 17.1 Å². The number of nitrogens with one attached hydrogen (secondary N) is 1. The zero-order chi connectivity index (χ0) is 24.2. The molecule has 1 aromatic carbocycles. The summed E-state index contributed by atoms with van der Waals surface area (Å²) >= 11 is 0. The Kier molecular flexibility index (Phi) is 11.1. The highest BCUT2D eigenvalue weighted by molar-refractivity contribution is 5.79. The summed E-state index contributed by atoms with van der Waals surface area (Å²) in [5, 5.41) is 3.08. The van der Waals surface area contributed by atoms with Gasteiger partial charge in [0.05, 0.1) is 0 Å². The monoisotopic (exact) mass is 474 g/mol. The molecule has 0 unspecified atom stereocenters. The molecule has 34 heavy (non-hydrogen) atoms. The third-order valence-corrected chi connectivity index (χ3v) is 7.20. The Morgan fingerprint density at radius 2 is 1.68 bits per heavy atom. The fourth-order valence-corrected chi connectivity index (χ4v) is 4.64. The van der Waals surface area contributed by atoms with E-state index in [1.807, 2.05) is 9.80 Å². The molecule has 3 rings (SSSR count). The van der Waals surface area contributed by atoms with Crippen LogP contribution in [0, 0.1) is 11.7 Å². The first kappa shape index (κ1) is 26.5. The van der Waals surface area contributed by atoms with Gasteiger partial charge in [0.1, 0.15) is 5.82 Å². The maximum atomic E-state index is 13.3. The molecule has 7 heteroatoms. The molecule has 1 aliphatic heterocycles. The van der Waals surface area contributed by atoms with Crippen molar-refractivity contribution in [2.45, 2.75) is 71.3 Å². The predicted octanol–water partition coefficient (Wildman–Crippen LogP) is 4.64. The van der Waals surface area contributed by atoms with Crippen LogP contribution in [0.1, 0.15) is 70.3 Å². The number of amides is 3. The van der Waals surface area contributed by atoms with Crippen molar-refractivity contribution in [2.75, 3.05) is 45.8 Å². The fraction of sp³-hybridized carbons (Fsp3) is 0.704. The molecule has 0 bridgehead atoms. The second kappa shape index (κ2) is 14.3. The van der Waals surface area contributed by atoms with E-state index in [9.17, 15) is 14.0 Å². The minimum atomic E-state index is -0.267. The van der Waals surface area contributed by atoms with E-state index in [1.165, 1.54) is 44.2 Å².